The molecule has 17 heavy (non-hydrogen) atoms. The first-order valence-electron chi connectivity index (χ1n) is 5.27. The molecule has 0 amide bonds. The van der Waals surface area contributed by atoms with Gasteiger partial charge in [-0.3, -0.25) is 0 Å². The van der Waals surface area contributed by atoms with E-state index in [0.717, 1.165) is 11.1 Å². The fraction of sp³-hybridized carbons (Fsp3) is 0.308. The van der Waals surface area contributed by atoms with E-state index in [0.29, 0.717) is 18.7 Å². The second kappa shape index (κ2) is 8.50. The number of methoxy groups -OCH3 is 1. The molecule has 1 rings (SSSR count). The Morgan fingerprint density at radius 2 is 1.76 bits per heavy atom. The monoisotopic (exact) mass is 236 g/mol. The van der Waals surface area contributed by atoms with Crippen LogP contribution in [-0.2, 0) is 22.6 Å². The van der Waals surface area contributed by atoms with Gasteiger partial charge in [-0.1, -0.05) is 30.8 Å². The Kier molecular flexibility index (Phi) is 7.67. The van der Waals surface area contributed by atoms with Gasteiger partial charge in [0.1, 0.15) is 0 Å². The van der Waals surface area contributed by atoms with E-state index in [9.17, 15) is 4.79 Å². The maximum atomic E-state index is 10.2. The van der Waals surface area contributed by atoms with Crippen LogP contribution >= 0.6 is 0 Å². The van der Waals surface area contributed by atoms with Gasteiger partial charge in [0.05, 0.1) is 7.11 Å². The van der Waals surface area contributed by atoms with Crippen molar-refractivity contribution < 1.29 is 9.53 Å². The van der Waals surface area contributed by atoms with Crippen molar-refractivity contribution in [2.75, 3.05) is 7.11 Å². The summed E-state index contributed by atoms with van der Waals surface area (Å²) >= 11 is 0. The summed E-state index contributed by atoms with van der Waals surface area (Å²) < 4.78 is 4.27. The molecule has 0 radical (unpaired) electrons. The van der Waals surface area contributed by atoms with Crippen LogP contribution in [0.25, 0.3) is 0 Å². The minimum absolute atomic E-state index is 0.347. The molecule has 0 aliphatic carbocycles. The lowest BCUT2D eigenvalue weighted by Crippen LogP contribution is -2.00. The molecule has 0 heterocycles. The van der Waals surface area contributed by atoms with E-state index in [1.807, 2.05) is 24.3 Å². The van der Waals surface area contributed by atoms with E-state index in [-0.39, 0.29) is 5.97 Å². The quantitative estimate of drug-likeness (QED) is 0.613. The molecular formula is C13H20N2O2. The molecule has 0 aromatic heterocycles. The van der Waals surface area contributed by atoms with Crippen molar-refractivity contribution in [2.24, 2.45) is 11.5 Å². The second-order valence-corrected chi connectivity index (χ2v) is 3.50. The molecule has 0 spiro atoms. The van der Waals surface area contributed by atoms with Gasteiger partial charge in [0, 0.05) is 18.7 Å². The lowest BCUT2D eigenvalue weighted by atomic mass is 10.1. The Bertz CT molecular complexity index is 356. The highest BCUT2D eigenvalue weighted by molar-refractivity contribution is 5.86. The molecule has 0 aliphatic rings. The van der Waals surface area contributed by atoms with E-state index in [4.69, 9.17) is 11.5 Å². The van der Waals surface area contributed by atoms with Crippen LogP contribution in [0.5, 0.6) is 0 Å². The third kappa shape index (κ3) is 6.50. The third-order valence-corrected chi connectivity index (χ3v) is 2.00. The van der Waals surface area contributed by atoms with Crippen LogP contribution in [0.2, 0.25) is 0 Å². The largest absolute Gasteiger partial charge is 0.466 e. The lowest BCUT2D eigenvalue weighted by Gasteiger charge is -1.98. The number of carbonyl (C=O) groups excluding carboxylic acids is 1. The standard InChI is InChI=1S/C8H12N2.C5H8O2/c9-5-7-2-1-3-8(4-7)6-10;1-4(2)5(6)7-3/h1-4H,5-6,9-10H2;1H2,2-3H3. The average molecular weight is 236 g/mol. The van der Waals surface area contributed by atoms with Gasteiger partial charge in [-0.05, 0) is 18.1 Å². The SMILES string of the molecule is C=C(C)C(=O)OC.NCc1cccc(CN)c1. The molecule has 0 atom stereocenters. The fourth-order valence-electron chi connectivity index (χ4n) is 1.06. The fourth-order valence-corrected chi connectivity index (χ4v) is 1.06. The zero-order valence-corrected chi connectivity index (χ0v) is 10.4. The zero-order chi connectivity index (χ0) is 13.3. The van der Waals surface area contributed by atoms with E-state index in [1.54, 1.807) is 6.92 Å². The van der Waals surface area contributed by atoms with Gasteiger partial charge in [0.25, 0.3) is 0 Å². The van der Waals surface area contributed by atoms with Crippen LogP contribution in [0, 0.1) is 0 Å². The molecule has 0 saturated carbocycles. The maximum absolute atomic E-state index is 10.2. The van der Waals surface area contributed by atoms with Crippen molar-refractivity contribution in [1.29, 1.82) is 0 Å². The predicted octanol–water partition coefficient (Wildman–Crippen LogP) is 1.34. The van der Waals surface area contributed by atoms with Crippen molar-refractivity contribution in [2.45, 2.75) is 20.0 Å². The van der Waals surface area contributed by atoms with Gasteiger partial charge in [-0.15, -0.1) is 0 Å². The summed E-state index contributed by atoms with van der Waals surface area (Å²) in [5.74, 6) is -0.347. The molecule has 4 N–H and O–H groups in total. The first kappa shape index (κ1) is 15.3. The number of ether oxygens (including phenoxy) is 1. The van der Waals surface area contributed by atoms with E-state index in [1.165, 1.54) is 7.11 Å². The Balaban J connectivity index is 0.000000325. The van der Waals surface area contributed by atoms with Crippen molar-refractivity contribution in [1.82, 2.24) is 0 Å². The molecule has 1 aromatic rings. The molecule has 0 aliphatic heterocycles. The lowest BCUT2D eigenvalue weighted by molar-refractivity contribution is -0.136. The van der Waals surface area contributed by atoms with Crippen LogP contribution in [-0.4, -0.2) is 13.1 Å². The van der Waals surface area contributed by atoms with Crippen LogP contribution < -0.4 is 11.5 Å². The highest BCUT2D eigenvalue weighted by Gasteiger charge is 1.95. The Hall–Kier alpha value is -1.65. The average Bonchev–Trinajstić information content (AvgIpc) is 2.38. The Morgan fingerprint density at radius 3 is 2.00 bits per heavy atom. The van der Waals surface area contributed by atoms with Crippen molar-refractivity contribution >= 4 is 5.97 Å². The van der Waals surface area contributed by atoms with E-state index < -0.39 is 0 Å². The number of rotatable bonds is 3. The van der Waals surface area contributed by atoms with Crippen molar-refractivity contribution in [3.05, 3.63) is 47.5 Å². The molecule has 0 saturated heterocycles. The van der Waals surface area contributed by atoms with Crippen LogP contribution in [0.4, 0.5) is 0 Å². The normalized spacial score (nSPS) is 8.94. The van der Waals surface area contributed by atoms with Gasteiger partial charge in [0.2, 0.25) is 0 Å². The molecule has 1 aromatic carbocycles. The Labute approximate surface area is 102 Å². The van der Waals surface area contributed by atoms with Gasteiger partial charge in [0.15, 0.2) is 0 Å². The minimum Gasteiger partial charge on any atom is -0.466 e. The summed E-state index contributed by atoms with van der Waals surface area (Å²) in [6, 6.07) is 8.00. The summed E-state index contributed by atoms with van der Waals surface area (Å²) in [6.07, 6.45) is 0. The first-order chi connectivity index (χ1) is 8.04. The second-order valence-electron chi connectivity index (χ2n) is 3.50. The minimum atomic E-state index is -0.347. The summed E-state index contributed by atoms with van der Waals surface area (Å²) in [5, 5.41) is 0. The van der Waals surface area contributed by atoms with E-state index in [2.05, 4.69) is 11.3 Å². The van der Waals surface area contributed by atoms with Gasteiger partial charge < -0.3 is 16.2 Å². The number of hydrogen-bond donors (Lipinski definition) is 2. The number of hydrogen-bond acceptors (Lipinski definition) is 4. The molecule has 4 nitrogen and oxygen atoms in total. The summed E-state index contributed by atoms with van der Waals surface area (Å²) in [7, 11) is 1.33. The van der Waals surface area contributed by atoms with Gasteiger partial charge >= 0.3 is 5.97 Å². The van der Waals surface area contributed by atoms with Crippen LogP contribution in [0.1, 0.15) is 18.1 Å². The Morgan fingerprint density at radius 1 is 1.29 bits per heavy atom. The topological polar surface area (TPSA) is 78.3 Å². The smallest absolute Gasteiger partial charge is 0.332 e. The summed E-state index contributed by atoms with van der Waals surface area (Å²) in [5.41, 5.74) is 13.6. The number of benzene rings is 1. The van der Waals surface area contributed by atoms with Crippen molar-refractivity contribution in [3.63, 3.8) is 0 Å². The highest BCUT2D eigenvalue weighted by atomic mass is 16.5. The molecule has 0 unspecified atom stereocenters. The molecular weight excluding hydrogens is 216 g/mol. The number of carbonyl (C=O) groups is 1. The number of esters is 1. The summed E-state index contributed by atoms with van der Waals surface area (Å²) in [4.78, 5) is 10.2. The predicted molar refractivity (Wildman–Crippen MR) is 69.1 cm³/mol. The van der Waals surface area contributed by atoms with Gasteiger partial charge in [-0.2, -0.15) is 0 Å². The molecule has 0 fully saturated rings. The van der Waals surface area contributed by atoms with Crippen molar-refractivity contribution in [3.8, 4) is 0 Å². The maximum Gasteiger partial charge on any atom is 0.332 e. The van der Waals surface area contributed by atoms with Crippen LogP contribution in [0.3, 0.4) is 0 Å². The highest BCUT2D eigenvalue weighted by Crippen LogP contribution is 2.02. The zero-order valence-electron chi connectivity index (χ0n) is 10.4. The van der Waals surface area contributed by atoms with Gasteiger partial charge in [-0.25, -0.2) is 4.79 Å². The van der Waals surface area contributed by atoms with E-state index >= 15 is 0 Å². The molecule has 4 heteroatoms. The summed E-state index contributed by atoms with van der Waals surface area (Å²) in [6.45, 7) is 6.14. The molecule has 94 valence electrons. The van der Waals surface area contributed by atoms with Crippen LogP contribution in [0.15, 0.2) is 36.4 Å². The third-order valence-electron chi connectivity index (χ3n) is 2.00. The molecule has 0 bridgehead atoms. The number of nitrogens with two attached hydrogens (primary N) is 2. The first-order valence-corrected chi connectivity index (χ1v) is 5.27.